The number of hydrogen-bond acceptors (Lipinski definition) is 2. The fraction of sp³-hybridized carbons (Fsp3) is 0.500. The van der Waals surface area contributed by atoms with Crippen LogP contribution in [0.1, 0.15) is 37.0 Å². The van der Waals surface area contributed by atoms with Gasteiger partial charge in [0.05, 0.1) is 0 Å². The van der Waals surface area contributed by atoms with Crippen LogP contribution in [0.15, 0.2) is 24.3 Å². The summed E-state index contributed by atoms with van der Waals surface area (Å²) < 4.78 is 0. The first-order valence-corrected chi connectivity index (χ1v) is 6.07. The molecule has 1 saturated heterocycles. The second-order valence-corrected chi connectivity index (χ2v) is 4.76. The highest BCUT2D eigenvalue weighted by molar-refractivity contribution is 5.97. The lowest BCUT2D eigenvalue weighted by Crippen LogP contribution is -2.17. The topological polar surface area (TPSA) is 20.3 Å². The number of rotatable bonds is 3. The van der Waals surface area contributed by atoms with Gasteiger partial charge in [-0.25, -0.2) is 0 Å². The number of ketones is 1. The molecule has 0 aromatic heterocycles. The molecule has 0 atom stereocenters. The summed E-state index contributed by atoms with van der Waals surface area (Å²) >= 11 is 0. The summed E-state index contributed by atoms with van der Waals surface area (Å²) in [6.07, 6.45) is 2.57. The van der Waals surface area contributed by atoms with Crippen LogP contribution in [0.2, 0.25) is 0 Å². The number of hydrogen-bond donors (Lipinski definition) is 0. The third kappa shape index (κ3) is 2.26. The van der Waals surface area contributed by atoms with Crippen LogP contribution >= 0.6 is 0 Å². The number of Topliss-reactive ketones (excluding diaryl/α,β-unsaturated/α-hetero) is 1. The molecule has 0 aliphatic carbocycles. The Morgan fingerprint density at radius 1 is 1.12 bits per heavy atom. The minimum absolute atomic E-state index is 0.0811. The molecule has 1 heterocycles. The van der Waals surface area contributed by atoms with Gasteiger partial charge in [-0.3, -0.25) is 4.79 Å². The molecule has 16 heavy (non-hydrogen) atoms. The van der Waals surface area contributed by atoms with E-state index in [4.69, 9.17) is 0 Å². The third-order valence-corrected chi connectivity index (χ3v) is 3.15. The Morgan fingerprint density at radius 2 is 1.69 bits per heavy atom. The summed E-state index contributed by atoms with van der Waals surface area (Å²) in [7, 11) is 0. The summed E-state index contributed by atoms with van der Waals surface area (Å²) in [5.74, 6) is 0.311. The molecule has 0 bridgehead atoms. The molecule has 0 radical (unpaired) electrons. The molecule has 0 spiro atoms. The Morgan fingerprint density at radius 3 is 2.19 bits per heavy atom. The van der Waals surface area contributed by atoms with Crippen LogP contribution in [-0.2, 0) is 0 Å². The van der Waals surface area contributed by atoms with Crippen LogP contribution in [0.4, 0.5) is 5.69 Å². The van der Waals surface area contributed by atoms with E-state index in [0.29, 0.717) is 0 Å². The van der Waals surface area contributed by atoms with Gasteiger partial charge in [-0.1, -0.05) is 13.8 Å². The fourth-order valence-electron chi connectivity index (χ4n) is 2.15. The second kappa shape index (κ2) is 4.69. The highest BCUT2D eigenvalue weighted by Gasteiger charge is 2.14. The molecule has 1 aromatic carbocycles. The van der Waals surface area contributed by atoms with Gasteiger partial charge in [0.1, 0.15) is 0 Å². The van der Waals surface area contributed by atoms with E-state index in [1.54, 1.807) is 0 Å². The molecular weight excluding hydrogens is 198 g/mol. The minimum Gasteiger partial charge on any atom is -0.372 e. The van der Waals surface area contributed by atoms with Crippen LogP contribution in [0, 0.1) is 5.92 Å². The summed E-state index contributed by atoms with van der Waals surface area (Å²) in [4.78, 5) is 14.1. The zero-order valence-electron chi connectivity index (χ0n) is 10.1. The van der Waals surface area contributed by atoms with E-state index in [9.17, 15) is 4.79 Å². The Labute approximate surface area is 97.3 Å². The first-order valence-electron chi connectivity index (χ1n) is 6.07. The van der Waals surface area contributed by atoms with E-state index in [2.05, 4.69) is 17.0 Å². The first kappa shape index (κ1) is 11.2. The predicted molar refractivity (Wildman–Crippen MR) is 67.1 cm³/mol. The van der Waals surface area contributed by atoms with Crippen LogP contribution in [0.25, 0.3) is 0 Å². The third-order valence-electron chi connectivity index (χ3n) is 3.15. The maximum absolute atomic E-state index is 11.8. The molecule has 0 saturated carbocycles. The molecule has 2 nitrogen and oxygen atoms in total. The normalized spacial score (nSPS) is 15.8. The molecule has 1 aliphatic rings. The van der Waals surface area contributed by atoms with Crippen LogP contribution in [-0.4, -0.2) is 18.9 Å². The lowest BCUT2D eigenvalue weighted by Gasteiger charge is -2.17. The Bertz CT molecular complexity index is 361. The predicted octanol–water partition coefficient (Wildman–Crippen LogP) is 3.13. The van der Waals surface area contributed by atoms with Gasteiger partial charge >= 0.3 is 0 Å². The molecule has 0 unspecified atom stereocenters. The lowest BCUT2D eigenvalue weighted by molar-refractivity contribution is 0.0939. The van der Waals surface area contributed by atoms with Crippen molar-refractivity contribution < 1.29 is 4.79 Å². The molecule has 0 amide bonds. The Hall–Kier alpha value is -1.31. The lowest BCUT2D eigenvalue weighted by atomic mass is 10.0. The summed E-state index contributed by atoms with van der Waals surface area (Å²) in [5.41, 5.74) is 2.08. The fourth-order valence-corrected chi connectivity index (χ4v) is 2.15. The van der Waals surface area contributed by atoms with Gasteiger partial charge in [0.2, 0.25) is 0 Å². The van der Waals surface area contributed by atoms with Gasteiger partial charge < -0.3 is 4.90 Å². The number of anilines is 1. The van der Waals surface area contributed by atoms with Gasteiger partial charge in [-0.05, 0) is 37.1 Å². The van der Waals surface area contributed by atoms with Crippen molar-refractivity contribution in [2.75, 3.05) is 18.0 Å². The number of carbonyl (C=O) groups excluding carboxylic acids is 1. The standard InChI is InChI=1S/C14H19NO/c1-11(2)14(16)12-5-7-13(8-6-12)15-9-3-4-10-15/h5-8,11H,3-4,9-10H2,1-2H3. The van der Waals surface area contributed by atoms with Gasteiger partial charge in [-0.15, -0.1) is 0 Å². The van der Waals surface area contributed by atoms with E-state index in [0.717, 1.165) is 18.7 Å². The van der Waals surface area contributed by atoms with E-state index in [-0.39, 0.29) is 11.7 Å². The molecule has 2 rings (SSSR count). The number of carbonyl (C=O) groups is 1. The monoisotopic (exact) mass is 217 g/mol. The molecule has 1 fully saturated rings. The zero-order chi connectivity index (χ0) is 11.5. The van der Waals surface area contributed by atoms with Crippen molar-refractivity contribution in [3.05, 3.63) is 29.8 Å². The minimum atomic E-state index is 0.0811. The molecule has 0 N–H and O–H groups in total. The van der Waals surface area contributed by atoms with Crippen molar-refractivity contribution in [1.29, 1.82) is 0 Å². The summed E-state index contributed by atoms with van der Waals surface area (Å²) in [6, 6.07) is 8.05. The maximum Gasteiger partial charge on any atom is 0.165 e. The highest BCUT2D eigenvalue weighted by atomic mass is 16.1. The van der Waals surface area contributed by atoms with Gasteiger partial charge in [-0.2, -0.15) is 0 Å². The van der Waals surface area contributed by atoms with E-state index >= 15 is 0 Å². The largest absolute Gasteiger partial charge is 0.372 e. The average Bonchev–Trinajstić information content (AvgIpc) is 2.81. The van der Waals surface area contributed by atoms with Gasteiger partial charge in [0, 0.05) is 30.3 Å². The van der Waals surface area contributed by atoms with E-state index in [1.165, 1.54) is 18.5 Å². The summed E-state index contributed by atoms with van der Waals surface area (Å²) in [6.45, 7) is 6.18. The van der Waals surface area contributed by atoms with Crippen molar-refractivity contribution in [3.63, 3.8) is 0 Å². The van der Waals surface area contributed by atoms with Crippen LogP contribution in [0.3, 0.4) is 0 Å². The quantitative estimate of drug-likeness (QED) is 0.725. The number of benzene rings is 1. The smallest absolute Gasteiger partial charge is 0.165 e. The first-order chi connectivity index (χ1) is 7.68. The SMILES string of the molecule is CC(C)C(=O)c1ccc(N2CCCC2)cc1. The van der Waals surface area contributed by atoms with Crippen molar-refractivity contribution in [2.45, 2.75) is 26.7 Å². The second-order valence-electron chi connectivity index (χ2n) is 4.76. The van der Waals surface area contributed by atoms with Crippen LogP contribution in [0.5, 0.6) is 0 Å². The Kier molecular flexibility index (Phi) is 3.28. The molecule has 86 valence electrons. The van der Waals surface area contributed by atoms with Crippen molar-refractivity contribution >= 4 is 11.5 Å². The van der Waals surface area contributed by atoms with Crippen molar-refractivity contribution in [3.8, 4) is 0 Å². The van der Waals surface area contributed by atoms with Gasteiger partial charge in [0.15, 0.2) is 5.78 Å². The molecule has 1 aliphatic heterocycles. The van der Waals surface area contributed by atoms with Gasteiger partial charge in [0.25, 0.3) is 0 Å². The van der Waals surface area contributed by atoms with Crippen molar-refractivity contribution in [2.24, 2.45) is 5.92 Å². The molecule has 2 heteroatoms. The summed E-state index contributed by atoms with van der Waals surface area (Å²) in [5, 5.41) is 0. The van der Waals surface area contributed by atoms with Crippen LogP contribution < -0.4 is 4.90 Å². The van der Waals surface area contributed by atoms with Crippen molar-refractivity contribution in [1.82, 2.24) is 0 Å². The maximum atomic E-state index is 11.8. The van der Waals surface area contributed by atoms with E-state index in [1.807, 2.05) is 26.0 Å². The Balaban J connectivity index is 2.12. The molecule has 1 aromatic rings. The highest BCUT2D eigenvalue weighted by Crippen LogP contribution is 2.21. The molecular formula is C14H19NO. The average molecular weight is 217 g/mol. The zero-order valence-corrected chi connectivity index (χ0v) is 10.1. The van der Waals surface area contributed by atoms with E-state index < -0.39 is 0 Å². The number of nitrogens with zero attached hydrogens (tertiary/aromatic N) is 1.